The van der Waals surface area contributed by atoms with Gasteiger partial charge >= 0.3 is 5.97 Å². The van der Waals surface area contributed by atoms with Crippen LogP contribution in [0.2, 0.25) is 0 Å². The molecule has 14 heavy (non-hydrogen) atoms. The molecule has 0 aromatic carbocycles. The zero-order valence-corrected chi connectivity index (χ0v) is 10.7. The highest BCUT2D eigenvalue weighted by molar-refractivity contribution is 14.1. The molecule has 1 N–H and O–H groups in total. The molecule has 0 aromatic heterocycles. The van der Waals surface area contributed by atoms with Gasteiger partial charge in [-0.3, -0.25) is 4.79 Å². The number of hydrogen-bond acceptors (Lipinski definition) is 3. The number of halogens is 1. The summed E-state index contributed by atoms with van der Waals surface area (Å²) in [6, 6.07) is 0. The quantitative estimate of drug-likeness (QED) is 0.374. The van der Waals surface area contributed by atoms with Crippen molar-refractivity contribution in [2.45, 2.75) is 13.3 Å². The van der Waals surface area contributed by atoms with Gasteiger partial charge in [-0.15, -0.1) is 0 Å². The fourth-order valence-electron chi connectivity index (χ4n) is 0.542. The van der Waals surface area contributed by atoms with Crippen molar-refractivity contribution in [1.29, 1.82) is 0 Å². The summed E-state index contributed by atoms with van der Waals surface area (Å²) >= 11 is 3.29. The van der Waals surface area contributed by atoms with Crippen LogP contribution in [-0.4, -0.2) is 28.2 Å². The second kappa shape index (κ2) is 7.98. The van der Waals surface area contributed by atoms with Crippen LogP contribution in [0.5, 0.6) is 0 Å². The lowest BCUT2D eigenvalue weighted by Crippen LogP contribution is -1.98. The molecule has 78 valence electrons. The molecule has 0 bridgehead atoms. The summed E-state index contributed by atoms with van der Waals surface area (Å²) < 4.78 is 0.631. The molecular formula is C8H11IN2O2S. The van der Waals surface area contributed by atoms with Gasteiger partial charge in [-0.1, -0.05) is 18.3 Å². The van der Waals surface area contributed by atoms with Gasteiger partial charge in [0.1, 0.15) is 0 Å². The summed E-state index contributed by atoms with van der Waals surface area (Å²) in [7, 11) is 0. The summed E-state index contributed by atoms with van der Waals surface area (Å²) in [5.74, 6) is -0.347. The van der Waals surface area contributed by atoms with E-state index in [9.17, 15) is 4.79 Å². The van der Waals surface area contributed by atoms with E-state index in [1.165, 1.54) is 11.8 Å². The standard InChI is InChI=1S/C8H11IN2O2S/c1-3-10-8(11-6(2)9)14-5-4-7(12)13/h3H,2,4-5H2,1H3,(H,12,13)/b10-3-,11-8+. The van der Waals surface area contributed by atoms with Crippen LogP contribution in [0.15, 0.2) is 20.3 Å². The van der Waals surface area contributed by atoms with Crippen molar-refractivity contribution in [2.24, 2.45) is 9.98 Å². The molecule has 0 aromatic rings. The van der Waals surface area contributed by atoms with Gasteiger partial charge in [0.25, 0.3) is 0 Å². The number of aliphatic imine (C=N–C) groups is 2. The molecule has 6 heteroatoms. The third-order valence-electron chi connectivity index (χ3n) is 1.00. The van der Waals surface area contributed by atoms with Gasteiger partial charge in [-0.25, -0.2) is 9.98 Å². The number of thioether (sulfide) groups is 1. The van der Waals surface area contributed by atoms with E-state index in [1.807, 2.05) is 22.6 Å². The normalized spacial score (nSPS) is 12.0. The Hall–Kier alpha value is -0.370. The Bertz CT molecular complexity index is 277. The maximum Gasteiger partial charge on any atom is 0.304 e. The molecule has 0 rings (SSSR count). The van der Waals surface area contributed by atoms with E-state index in [2.05, 4.69) is 16.6 Å². The lowest BCUT2D eigenvalue weighted by atomic mass is 10.5. The van der Waals surface area contributed by atoms with E-state index in [0.29, 0.717) is 14.6 Å². The molecule has 0 fully saturated rings. The molecule has 0 radical (unpaired) electrons. The Morgan fingerprint density at radius 1 is 1.71 bits per heavy atom. The maximum absolute atomic E-state index is 10.3. The van der Waals surface area contributed by atoms with E-state index in [4.69, 9.17) is 5.11 Å². The molecule has 0 spiro atoms. The second-order valence-corrected chi connectivity index (χ2v) is 4.46. The summed E-state index contributed by atoms with van der Waals surface area (Å²) in [6.07, 6.45) is 1.73. The minimum Gasteiger partial charge on any atom is -0.481 e. The number of carboxylic acids is 1. The molecule has 0 saturated carbocycles. The van der Waals surface area contributed by atoms with Crippen molar-refractivity contribution >= 4 is 51.7 Å². The van der Waals surface area contributed by atoms with E-state index in [-0.39, 0.29) is 6.42 Å². The molecule has 0 amide bonds. The first-order valence-corrected chi connectivity index (χ1v) is 5.89. The van der Waals surface area contributed by atoms with E-state index in [1.54, 1.807) is 13.1 Å². The lowest BCUT2D eigenvalue weighted by Gasteiger charge is -1.97. The largest absolute Gasteiger partial charge is 0.481 e. The van der Waals surface area contributed by atoms with Crippen molar-refractivity contribution < 1.29 is 9.90 Å². The van der Waals surface area contributed by atoms with Gasteiger partial charge in [0.15, 0.2) is 5.17 Å². The first kappa shape index (κ1) is 13.6. The highest BCUT2D eigenvalue weighted by Crippen LogP contribution is 2.12. The van der Waals surface area contributed by atoms with Crippen molar-refractivity contribution in [3.8, 4) is 0 Å². The zero-order chi connectivity index (χ0) is 11.0. The lowest BCUT2D eigenvalue weighted by molar-refractivity contribution is -0.136. The fraction of sp³-hybridized carbons (Fsp3) is 0.375. The van der Waals surface area contributed by atoms with Gasteiger partial charge in [0.05, 0.1) is 10.1 Å². The van der Waals surface area contributed by atoms with Crippen LogP contribution in [-0.2, 0) is 4.79 Å². The number of rotatable bonds is 4. The number of carboxylic acid groups (broad SMARTS) is 1. The van der Waals surface area contributed by atoms with Gasteiger partial charge in [0.2, 0.25) is 0 Å². The number of amidine groups is 1. The highest BCUT2D eigenvalue weighted by atomic mass is 127. The Balaban J connectivity index is 4.11. The van der Waals surface area contributed by atoms with Crippen molar-refractivity contribution in [3.05, 3.63) is 10.3 Å². The van der Waals surface area contributed by atoms with Crippen LogP contribution < -0.4 is 0 Å². The average Bonchev–Trinajstić information content (AvgIpc) is 2.02. The Morgan fingerprint density at radius 2 is 2.36 bits per heavy atom. The van der Waals surface area contributed by atoms with Crippen LogP contribution in [0.4, 0.5) is 0 Å². The fourth-order valence-corrected chi connectivity index (χ4v) is 1.75. The number of carbonyl (C=O) groups is 1. The Morgan fingerprint density at radius 3 is 2.79 bits per heavy atom. The molecule has 4 nitrogen and oxygen atoms in total. The summed E-state index contributed by atoms with van der Waals surface area (Å²) in [6.45, 7) is 5.40. The van der Waals surface area contributed by atoms with Crippen LogP contribution in [0.25, 0.3) is 0 Å². The Labute approximate surface area is 101 Å². The van der Waals surface area contributed by atoms with Gasteiger partial charge < -0.3 is 5.11 Å². The highest BCUT2D eigenvalue weighted by Gasteiger charge is 2.01. The van der Waals surface area contributed by atoms with Gasteiger partial charge in [0, 0.05) is 12.0 Å². The summed E-state index contributed by atoms with van der Waals surface area (Å²) in [5.41, 5.74) is 0. The molecule has 0 heterocycles. The smallest absolute Gasteiger partial charge is 0.304 e. The zero-order valence-electron chi connectivity index (χ0n) is 7.73. The van der Waals surface area contributed by atoms with E-state index >= 15 is 0 Å². The van der Waals surface area contributed by atoms with Crippen LogP contribution >= 0.6 is 34.4 Å². The van der Waals surface area contributed by atoms with Gasteiger partial charge in [-0.2, -0.15) is 0 Å². The second-order valence-electron chi connectivity index (χ2n) is 2.15. The van der Waals surface area contributed by atoms with Crippen molar-refractivity contribution in [3.63, 3.8) is 0 Å². The molecule has 0 aliphatic carbocycles. The van der Waals surface area contributed by atoms with E-state index in [0.717, 1.165) is 0 Å². The predicted molar refractivity (Wildman–Crippen MR) is 69.5 cm³/mol. The number of nitrogens with zero attached hydrogens (tertiary/aromatic N) is 2. The molecule has 0 unspecified atom stereocenters. The predicted octanol–water partition coefficient (Wildman–Crippen LogP) is 2.55. The molecule has 0 aliphatic rings. The molecular weight excluding hydrogens is 315 g/mol. The molecule has 0 saturated heterocycles. The van der Waals surface area contributed by atoms with Crippen LogP contribution in [0.3, 0.4) is 0 Å². The number of hydrogen-bond donors (Lipinski definition) is 1. The topological polar surface area (TPSA) is 62.0 Å². The number of aliphatic carboxylic acids is 1. The minimum atomic E-state index is -0.814. The average molecular weight is 326 g/mol. The first-order valence-electron chi connectivity index (χ1n) is 3.82. The minimum absolute atomic E-state index is 0.108. The third-order valence-corrected chi connectivity index (χ3v) is 2.11. The third kappa shape index (κ3) is 8.24. The summed E-state index contributed by atoms with van der Waals surface area (Å²) in [5, 5.41) is 8.98. The monoisotopic (exact) mass is 326 g/mol. The summed E-state index contributed by atoms with van der Waals surface area (Å²) in [4.78, 5) is 18.3. The first-order chi connectivity index (χ1) is 6.56. The van der Waals surface area contributed by atoms with Crippen LogP contribution in [0.1, 0.15) is 13.3 Å². The molecule has 0 aliphatic heterocycles. The van der Waals surface area contributed by atoms with Gasteiger partial charge in [-0.05, 0) is 29.5 Å². The van der Waals surface area contributed by atoms with Crippen molar-refractivity contribution in [1.82, 2.24) is 0 Å². The van der Waals surface area contributed by atoms with Crippen molar-refractivity contribution in [2.75, 3.05) is 5.75 Å². The Kier molecular flexibility index (Phi) is 7.77. The molecule has 0 atom stereocenters. The van der Waals surface area contributed by atoms with Crippen LogP contribution in [0, 0.1) is 0 Å². The van der Waals surface area contributed by atoms with E-state index < -0.39 is 5.97 Å². The SMILES string of the molecule is C=C(I)/N=C(\N=C/C)SCCC(=O)O. The maximum atomic E-state index is 10.3.